The molecule has 2 heterocycles. The van der Waals surface area contributed by atoms with Crippen LogP contribution in [-0.4, -0.2) is 19.5 Å². The molecule has 0 saturated carbocycles. The van der Waals surface area contributed by atoms with E-state index in [0.29, 0.717) is 23.0 Å². The number of hydrogen-bond donors (Lipinski definition) is 0. The molecule has 0 spiro atoms. The molecule has 0 atom stereocenters. The summed E-state index contributed by atoms with van der Waals surface area (Å²) in [5.74, 6) is 1.94. The van der Waals surface area contributed by atoms with Gasteiger partial charge in [-0.25, -0.2) is 15.0 Å². The van der Waals surface area contributed by atoms with Crippen molar-refractivity contribution in [3.05, 3.63) is 206 Å². The Balaban J connectivity index is 0.969. The smallest absolute Gasteiger partial charge is 0.164 e. The number of benzene rings is 10. The van der Waals surface area contributed by atoms with E-state index in [0.717, 1.165) is 66.3 Å². The zero-order chi connectivity index (χ0) is 40.4. The lowest BCUT2D eigenvalue weighted by Crippen LogP contribution is -2.00. The van der Waals surface area contributed by atoms with Crippen LogP contribution >= 0.6 is 0 Å². The Labute approximate surface area is 351 Å². The molecule has 61 heavy (non-hydrogen) atoms. The summed E-state index contributed by atoms with van der Waals surface area (Å²) in [5.41, 5.74) is 11.4. The fraction of sp³-hybridized carbons (Fsp3) is 0. The van der Waals surface area contributed by atoms with Gasteiger partial charge in [0.05, 0.1) is 22.7 Å². The van der Waals surface area contributed by atoms with Gasteiger partial charge in [0, 0.05) is 33.2 Å². The van der Waals surface area contributed by atoms with Crippen molar-refractivity contribution < 1.29 is 0 Å². The van der Waals surface area contributed by atoms with E-state index in [-0.39, 0.29) is 0 Å². The van der Waals surface area contributed by atoms with Crippen LogP contribution < -0.4 is 0 Å². The highest BCUT2D eigenvalue weighted by atomic mass is 15.0. The molecule has 10 aromatic carbocycles. The Morgan fingerprint density at radius 1 is 0.361 bits per heavy atom. The van der Waals surface area contributed by atoms with Gasteiger partial charge >= 0.3 is 0 Å². The third-order valence-corrected chi connectivity index (χ3v) is 12.0. The molecule has 0 radical (unpaired) electrons. The summed E-state index contributed by atoms with van der Waals surface area (Å²) < 4.78 is 2.28. The van der Waals surface area contributed by atoms with Crippen molar-refractivity contribution in [1.29, 1.82) is 5.26 Å². The van der Waals surface area contributed by atoms with Crippen molar-refractivity contribution in [2.75, 3.05) is 0 Å². The van der Waals surface area contributed by atoms with Gasteiger partial charge in [-0.1, -0.05) is 152 Å². The lowest BCUT2D eigenvalue weighted by atomic mass is 9.88. The van der Waals surface area contributed by atoms with Crippen LogP contribution in [0.3, 0.4) is 0 Å². The highest BCUT2D eigenvalue weighted by Crippen LogP contribution is 2.43. The van der Waals surface area contributed by atoms with E-state index < -0.39 is 0 Å². The van der Waals surface area contributed by atoms with Crippen LogP contribution in [0, 0.1) is 11.3 Å². The number of aromatic nitrogens is 4. The van der Waals surface area contributed by atoms with Gasteiger partial charge in [-0.3, -0.25) is 0 Å². The van der Waals surface area contributed by atoms with Gasteiger partial charge in [-0.2, -0.15) is 5.26 Å². The van der Waals surface area contributed by atoms with Gasteiger partial charge in [0.15, 0.2) is 17.5 Å². The lowest BCUT2D eigenvalue weighted by Gasteiger charge is -2.16. The number of fused-ring (bicyclic) bond motifs is 3. The predicted octanol–water partition coefficient (Wildman–Crippen LogP) is 14.1. The first kappa shape index (κ1) is 34.6. The first-order chi connectivity index (χ1) is 30.2. The first-order valence-corrected chi connectivity index (χ1v) is 20.4. The Kier molecular flexibility index (Phi) is 7.84. The minimum Gasteiger partial charge on any atom is -0.309 e. The van der Waals surface area contributed by atoms with E-state index in [2.05, 4.69) is 132 Å². The molecule has 5 heteroatoms. The number of hydrogen-bond acceptors (Lipinski definition) is 4. The number of nitrogens with zero attached hydrogens (tertiary/aromatic N) is 5. The monoisotopic (exact) mass is 775 g/mol. The summed E-state index contributed by atoms with van der Waals surface area (Å²) >= 11 is 0. The number of rotatable bonds is 6. The lowest BCUT2D eigenvalue weighted by molar-refractivity contribution is 1.08. The second-order valence-electron chi connectivity index (χ2n) is 15.5. The molecule has 0 unspecified atom stereocenters. The average molecular weight is 776 g/mol. The Bertz CT molecular complexity index is 3620. The molecule has 12 rings (SSSR count). The van der Waals surface area contributed by atoms with Crippen molar-refractivity contribution in [3.63, 3.8) is 0 Å². The molecule has 0 aliphatic heterocycles. The van der Waals surface area contributed by atoms with E-state index >= 15 is 0 Å². The van der Waals surface area contributed by atoms with E-state index in [9.17, 15) is 5.26 Å². The topological polar surface area (TPSA) is 67.4 Å². The molecule has 5 nitrogen and oxygen atoms in total. The van der Waals surface area contributed by atoms with Crippen molar-refractivity contribution in [2.45, 2.75) is 0 Å². The molecule has 12 aromatic rings. The highest BCUT2D eigenvalue weighted by Gasteiger charge is 2.19. The quantitative estimate of drug-likeness (QED) is 0.158. The predicted molar refractivity (Wildman–Crippen MR) is 250 cm³/mol. The summed E-state index contributed by atoms with van der Waals surface area (Å²) in [5, 5.41) is 19.1. The van der Waals surface area contributed by atoms with Crippen LogP contribution in [0.1, 0.15) is 5.56 Å². The zero-order valence-electron chi connectivity index (χ0n) is 32.8. The van der Waals surface area contributed by atoms with Gasteiger partial charge < -0.3 is 4.57 Å². The van der Waals surface area contributed by atoms with E-state index in [4.69, 9.17) is 15.0 Å². The van der Waals surface area contributed by atoms with Gasteiger partial charge in [0.2, 0.25) is 0 Å². The first-order valence-electron chi connectivity index (χ1n) is 20.4. The second-order valence-corrected chi connectivity index (χ2v) is 15.5. The molecular formula is C56H33N5. The normalized spacial score (nSPS) is 11.6. The van der Waals surface area contributed by atoms with Crippen LogP contribution in [0.2, 0.25) is 0 Å². The van der Waals surface area contributed by atoms with E-state index in [1.54, 1.807) is 0 Å². The third-order valence-electron chi connectivity index (χ3n) is 12.0. The number of para-hydroxylation sites is 1. The Morgan fingerprint density at radius 2 is 0.852 bits per heavy atom. The van der Waals surface area contributed by atoms with Gasteiger partial charge in [0.25, 0.3) is 0 Å². The largest absolute Gasteiger partial charge is 0.309 e. The SMILES string of the molecule is N#Cc1ccc2c(c1)c1cc(-c3ccc(-c4ccc5ccc6c(-c7nc(-c8ccccc8)nc(-c8ccccc8)n7)ccc7ccc4c5c76)cc3)ccc1n2-c1ccccc1. The van der Waals surface area contributed by atoms with Crippen molar-refractivity contribution in [1.82, 2.24) is 19.5 Å². The summed E-state index contributed by atoms with van der Waals surface area (Å²) in [6.07, 6.45) is 0. The van der Waals surface area contributed by atoms with Gasteiger partial charge in [0.1, 0.15) is 0 Å². The van der Waals surface area contributed by atoms with Crippen molar-refractivity contribution in [2.24, 2.45) is 0 Å². The fourth-order valence-electron chi connectivity index (χ4n) is 9.15. The molecule has 0 aliphatic rings. The van der Waals surface area contributed by atoms with Crippen molar-refractivity contribution in [3.8, 4) is 68.2 Å². The number of nitriles is 1. The molecule has 0 aliphatic carbocycles. The van der Waals surface area contributed by atoms with Crippen LogP contribution in [0.15, 0.2) is 200 Å². The van der Waals surface area contributed by atoms with Gasteiger partial charge in [-0.15, -0.1) is 0 Å². The van der Waals surface area contributed by atoms with E-state index in [1.165, 1.54) is 32.5 Å². The maximum atomic E-state index is 9.78. The maximum Gasteiger partial charge on any atom is 0.164 e. The minimum atomic E-state index is 0.646. The minimum absolute atomic E-state index is 0.646. The van der Waals surface area contributed by atoms with Crippen LogP contribution in [0.5, 0.6) is 0 Å². The van der Waals surface area contributed by atoms with Gasteiger partial charge in [-0.05, 0) is 103 Å². The summed E-state index contributed by atoms with van der Waals surface area (Å²) in [6.45, 7) is 0. The summed E-state index contributed by atoms with van der Waals surface area (Å²) in [4.78, 5) is 15.1. The molecule has 282 valence electrons. The molecular weight excluding hydrogens is 743 g/mol. The zero-order valence-corrected chi connectivity index (χ0v) is 32.8. The molecule has 0 amide bonds. The van der Waals surface area contributed by atoms with E-state index in [1.807, 2.05) is 78.9 Å². The Morgan fingerprint density at radius 3 is 1.48 bits per heavy atom. The van der Waals surface area contributed by atoms with Crippen LogP contribution in [0.4, 0.5) is 0 Å². The van der Waals surface area contributed by atoms with Crippen LogP contribution in [0.25, 0.3) is 116 Å². The van der Waals surface area contributed by atoms with Crippen LogP contribution in [-0.2, 0) is 0 Å². The second kappa shape index (κ2) is 13.8. The third kappa shape index (κ3) is 5.66. The molecule has 0 fully saturated rings. The maximum absolute atomic E-state index is 9.78. The standard InChI is InChI=1S/C56H33N5/c57-34-35-16-30-50-48(32-35)49-33-42(25-31-51(49)61(50)43-14-8-3-9-15-43)36-17-19-37(20-18-36)44-26-21-38-23-28-46-47(29-24-39-22-27-45(44)52(38)53(39)46)56-59-54(40-10-4-1-5-11-40)58-55(60-56)41-12-6-2-7-13-41/h1-33H. The molecule has 0 saturated heterocycles. The highest BCUT2D eigenvalue weighted by molar-refractivity contribution is 6.27. The Hall–Kier alpha value is -8.46. The molecule has 2 aromatic heterocycles. The van der Waals surface area contributed by atoms with Crippen molar-refractivity contribution >= 4 is 54.1 Å². The summed E-state index contributed by atoms with van der Waals surface area (Å²) in [6, 6.07) is 72.3. The average Bonchev–Trinajstić information content (AvgIpc) is 3.66. The fourth-order valence-corrected chi connectivity index (χ4v) is 9.15. The molecule has 0 N–H and O–H groups in total. The summed E-state index contributed by atoms with van der Waals surface area (Å²) in [7, 11) is 0. The molecule has 0 bridgehead atoms.